The number of aromatic nitrogens is 2. The van der Waals surface area contributed by atoms with Crippen LogP contribution in [0.5, 0.6) is 0 Å². The first-order valence-electron chi connectivity index (χ1n) is 5.69. The van der Waals surface area contributed by atoms with Gasteiger partial charge in [0.05, 0.1) is 0 Å². The van der Waals surface area contributed by atoms with Crippen LogP contribution in [0.25, 0.3) is 0 Å². The lowest BCUT2D eigenvalue weighted by molar-refractivity contribution is 0.855. The Kier molecular flexibility index (Phi) is 5.07. The molecule has 0 radical (unpaired) electrons. The van der Waals surface area contributed by atoms with E-state index in [2.05, 4.69) is 50.3 Å². The maximum Gasteiger partial charge on any atom is 0.190 e. The Hall–Kier alpha value is -0.780. The normalized spacial score (nSPS) is 12.2. The van der Waals surface area contributed by atoms with Gasteiger partial charge in [-0.1, -0.05) is 51.4 Å². The quantitative estimate of drug-likeness (QED) is 0.484. The standard InChI is InChI=1S/C13H13BrClN3S/c1-8(9-3-5-10(14)6-4-9)16-12-7-11(15)17-13(18-12)19-2/h3-8H,1-2H3,(H,16,17,18). The number of nitrogens with zero attached hydrogens (tertiary/aromatic N) is 2. The summed E-state index contributed by atoms with van der Waals surface area (Å²) in [4.78, 5) is 8.50. The molecule has 6 heteroatoms. The highest BCUT2D eigenvalue weighted by atomic mass is 79.9. The number of hydrogen-bond acceptors (Lipinski definition) is 4. The van der Waals surface area contributed by atoms with Gasteiger partial charge in [-0.2, -0.15) is 0 Å². The van der Waals surface area contributed by atoms with Gasteiger partial charge in [0.15, 0.2) is 5.16 Å². The average molecular weight is 359 g/mol. The maximum absolute atomic E-state index is 5.97. The molecular weight excluding hydrogens is 346 g/mol. The minimum Gasteiger partial charge on any atom is -0.363 e. The van der Waals surface area contributed by atoms with Crippen molar-refractivity contribution in [2.75, 3.05) is 11.6 Å². The zero-order chi connectivity index (χ0) is 13.8. The number of halogens is 2. The van der Waals surface area contributed by atoms with Crippen LogP contribution in [-0.4, -0.2) is 16.2 Å². The SMILES string of the molecule is CSc1nc(Cl)cc(NC(C)c2ccc(Br)cc2)n1. The van der Waals surface area contributed by atoms with E-state index >= 15 is 0 Å². The van der Waals surface area contributed by atoms with E-state index in [0.29, 0.717) is 10.3 Å². The number of hydrogen-bond donors (Lipinski definition) is 1. The first-order chi connectivity index (χ1) is 9.08. The molecule has 0 aliphatic heterocycles. The van der Waals surface area contributed by atoms with Gasteiger partial charge in [-0.25, -0.2) is 9.97 Å². The predicted octanol–water partition coefficient (Wildman–Crippen LogP) is 4.79. The van der Waals surface area contributed by atoms with Gasteiger partial charge in [0.2, 0.25) is 0 Å². The van der Waals surface area contributed by atoms with Crippen LogP contribution in [0.3, 0.4) is 0 Å². The molecule has 0 saturated carbocycles. The first-order valence-corrected chi connectivity index (χ1v) is 8.08. The van der Waals surface area contributed by atoms with Gasteiger partial charge in [-0.3, -0.25) is 0 Å². The van der Waals surface area contributed by atoms with Crippen molar-refractivity contribution in [3.05, 3.63) is 45.5 Å². The van der Waals surface area contributed by atoms with Gasteiger partial charge in [0.25, 0.3) is 0 Å². The number of thioether (sulfide) groups is 1. The monoisotopic (exact) mass is 357 g/mol. The van der Waals surface area contributed by atoms with Crippen molar-refractivity contribution in [2.24, 2.45) is 0 Å². The fourth-order valence-corrected chi connectivity index (χ4v) is 2.50. The summed E-state index contributed by atoms with van der Waals surface area (Å²) in [6.07, 6.45) is 1.92. The van der Waals surface area contributed by atoms with Gasteiger partial charge in [0.1, 0.15) is 11.0 Å². The Morgan fingerprint density at radius 1 is 1.26 bits per heavy atom. The minimum absolute atomic E-state index is 0.147. The molecule has 2 rings (SSSR count). The maximum atomic E-state index is 5.97. The summed E-state index contributed by atoms with van der Waals surface area (Å²) >= 11 is 10.9. The van der Waals surface area contributed by atoms with E-state index in [1.807, 2.05) is 18.4 Å². The van der Waals surface area contributed by atoms with Gasteiger partial charge in [-0.05, 0) is 30.9 Å². The minimum atomic E-state index is 0.147. The Morgan fingerprint density at radius 2 is 1.95 bits per heavy atom. The lowest BCUT2D eigenvalue weighted by atomic mass is 10.1. The number of nitrogens with one attached hydrogen (secondary N) is 1. The number of benzene rings is 1. The summed E-state index contributed by atoms with van der Waals surface area (Å²) in [5.41, 5.74) is 1.18. The Balaban J connectivity index is 2.16. The molecular formula is C13H13BrClN3S. The highest BCUT2D eigenvalue weighted by Crippen LogP contribution is 2.23. The highest BCUT2D eigenvalue weighted by Gasteiger charge is 2.08. The molecule has 1 unspecified atom stereocenters. The number of anilines is 1. The molecule has 2 aromatic rings. The highest BCUT2D eigenvalue weighted by molar-refractivity contribution is 9.10. The molecule has 0 fully saturated rings. The largest absolute Gasteiger partial charge is 0.363 e. The van der Waals surface area contributed by atoms with Crippen molar-refractivity contribution in [3.63, 3.8) is 0 Å². The van der Waals surface area contributed by atoms with E-state index in [1.165, 1.54) is 17.3 Å². The topological polar surface area (TPSA) is 37.8 Å². The second kappa shape index (κ2) is 6.59. The van der Waals surface area contributed by atoms with Crippen molar-refractivity contribution in [1.29, 1.82) is 0 Å². The van der Waals surface area contributed by atoms with Crippen molar-refractivity contribution in [3.8, 4) is 0 Å². The third-order valence-corrected chi connectivity index (χ3v) is 3.86. The summed E-state index contributed by atoms with van der Waals surface area (Å²) in [7, 11) is 0. The smallest absolute Gasteiger partial charge is 0.190 e. The Morgan fingerprint density at radius 3 is 2.58 bits per heavy atom. The molecule has 0 aliphatic rings. The van der Waals surface area contributed by atoms with Gasteiger partial charge < -0.3 is 5.32 Å². The molecule has 1 aromatic heterocycles. The average Bonchev–Trinajstić information content (AvgIpc) is 2.38. The lowest BCUT2D eigenvalue weighted by Gasteiger charge is -2.15. The molecule has 0 bridgehead atoms. The van der Waals surface area contributed by atoms with Crippen molar-refractivity contribution in [1.82, 2.24) is 9.97 Å². The summed E-state index contributed by atoms with van der Waals surface area (Å²) in [6, 6.07) is 10.1. The van der Waals surface area contributed by atoms with E-state index in [1.54, 1.807) is 6.07 Å². The van der Waals surface area contributed by atoms with Crippen LogP contribution in [0.15, 0.2) is 40.0 Å². The molecule has 1 atom stereocenters. The number of rotatable bonds is 4. The summed E-state index contributed by atoms with van der Waals surface area (Å²) in [6.45, 7) is 2.08. The van der Waals surface area contributed by atoms with E-state index < -0.39 is 0 Å². The zero-order valence-corrected chi connectivity index (χ0v) is 13.7. The third-order valence-electron chi connectivity index (χ3n) is 2.59. The van der Waals surface area contributed by atoms with E-state index in [9.17, 15) is 0 Å². The molecule has 0 amide bonds. The fraction of sp³-hybridized carbons (Fsp3) is 0.231. The van der Waals surface area contributed by atoms with Crippen LogP contribution in [0.2, 0.25) is 5.15 Å². The molecule has 19 heavy (non-hydrogen) atoms. The van der Waals surface area contributed by atoms with Crippen LogP contribution < -0.4 is 5.32 Å². The molecule has 0 spiro atoms. The van der Waals surface area contributed by atoms with E-state index in [-0.39, 0.29) is 6.04 Å². The fourth-order valence-electron chi connectivity index (χ4n) is 1.62. The van der Waals surface area contributed by atoms with Crippen LogP contribution >= 0.6 is 39.3 Å². The molecule has 100 valence electrons. The van der Waals surface area contributed by atoms with Crippen molar-refractivity contribution in [2.45, 2.75) is 18.1 Å². The van der Waals surface area contributed by atoms with Crippen LogP contribution in [0.4, 0.5) is 5.82 Å². The van der Waals surface area contributed by atoms with Gasteiger partial charge >= 0.3 is 0 Å². The van der Waals surface area contributed by atoms with Gasteiger partial charge in [0, 0.05) is 16.6 Å². The summed E-state index contributed by atoms with van der Waals surface area (Å²) in [5, 5.41) is 4.44. The summed E-state index contributed by atoms with van der Waals surface area (Å²) < 4.78 is 1.07. The molecule has 1 N–H and O–H groups in total. The van der Waals surface area contributed by atoms with Crippen molar-refractivity contribution >= 4 is 45.1 Å². The third kappa shape index (κ3) is 4.09. The van der Waals surface area contributed by atoms with Crippen LogP contribution in [-0.2, 0) is 0 Å². The second-order valence-electron chi connectivity index (χ2n) is 3.98. The second-order valence-corrected chi connectivity index (χ2v) is 6.06. The first kappa shape index (κ1) is 14.6. The molecule has 0 saturated heterocycles. The lowest BCUT2D eigenvalue weighted by Crippen LogP contribution is -2.08. The zero-order valence-electron chi connectivity index (χ0n) is 10.5. The Bertz CT molecular complexity index is 562. The molecule has 0 aliphatic carbocycles. The van der Waals surface area contributed by atoms with Crippen LogP contribution in [0.1, 0.15) is 18.5 Å². The van der Waals surface area contributed by atoms with E-state index in [0.717, 1.165) is 10.3 Å². The van der Waals surface area contributed by atoms with Gasteiger partial charge in [-0.15, -0.1) is 0 Å². The molecule has 1 heterocycles. The Labute approximate surface area is 130 Å². The van der Waals surface area contributed by atoms with Crippen LogP contribution in [0, 0.1) is 0 Å². The molecule has 1 aromatic carbocycles. The molecule has 3 nitrogen and oxygen atoms in total. The summed E-state index contributed by atoms with van der Waals surface area (Å²) in [5.74, 6) is 0.736. The predicted molar refractivity (Wildman–Crippen MR) is 85.0 cm³/mol. The van der Waals surface area contributed by atoms with Crippen molar-refractivity contribution < 1.29 is 0 Å². The van der Waals surface area contributed by atoms with E-state index in [4.69, 9.17) is 11.6 Å².